The second-order valence-electron chi connectivity index (χ2n) is 3.33. The molecule has 0 aliphatic carbocycles. The van der Waals surface area contributed by atoms with E-state index in [0.29, 0.717) is 10.4 Å². The van der Waals surface area contributed by atoms with Crippen LogP contribution in [0, 0.1) is 10.1 Å². The Hall–Kier alpha value is -2.22. The van der Waals surface area contributed by atoms with E-state index in [1.165, 1.54) is 12.1 Å². The molecule has 0 aliphatic heterocycles. The Morgan fingerprint density at radius 3 is 3.06 bits per heavy atom. The molecule has 3 N–H and O–H groups in total. The van der Waals surface area contributed by atoms with E-state index in [1.807, 2.05) is 0 Å². The molecule has 0 bridgehead atoms. The lowest BCUT2D eigenvalue weighted by Gasteiger charge is -1.96. The highest BCUT2D eigenvalue weighted by molar-refractivity contribution is 7.13. The predicted octanol–water partition coefficient (Wildman–Crippen LogP) is 1.49. The van der Waals surface area contributed by atoms with Gasteiger partial charge in [-0.1, -0.05) is 5.16 Å². The van der Waals surface area contributed by atoms with Gasteiger partial charge in [-0.25, -0.2) is 0 Å². The maximum atomic E-state index is 10.6. The molecule has 0 aliphatic rings. The number of non-ortho nitro benzene ring substituents is 1. The van der Waals surface area contributed by atoms with Crippen LogP contribution in [0.3, 0.4) is 0 Å². The van der Waals surface area contributed by atoms with Gasteiger partial charge in [-0.05, 0) is 17.6 Å². The number of hydrogen-bond donors (Lipinski definition) is 2. The van der Waals surface area contributed by atoms with Crippen LogP contribution in [0.4, 0.5) is 5.69 Å². The highest BCUT2D eigenvalue weighted by Gasteiger charge is 2.12. The molecular weight excluding hydrogens is 244 g/mol. The maximum Gasteiger partial charge on any atom is 0.270 e. The number of rotatable bonds is 3. The van der Waals surface area contributed by atoms with Gasteiger partial charge in [0, 0.05) is 17.5 Å². The summed E-state index contributed by atoms with van der Waals surface area (Å²) in [5.41, 5.74) is 6.06. The van der Waals surface area contributed by atoms with Crippen molar-refractivity contribution < 1.29 is 10.1 Å². The summed E-state index contributed by atoms with van der Waals surface area (Å²) < 4.78 is 4.84. The molecule has 7 nitrogen and oxygen atoms in total. The Labute approximate surface area is 99.5 Å². The fourth-order valence-electron chi connectivity index (χ4n) is 1.43. The van der Waals surface area contributed by atoms with Crippen LogP contribution in [-0.2, 0) is 6.42 Å². The predicted molar refractivity (Wildman–Crippen MR) is 63.4 cm³/mol. The molecule has 0 saturated heterocycles. The average Bonchev–Trinajstić information content (AvgIpc) is 2.71. The van der Waals surface area contributed by atoms with Crippen LogP contribution in [0.1, 0.15) is 5.69 Å². The molecule has 2 rings (SSSR count). The Morgan fingerprint density at radius 2 is 2.41 bits per heavy atom. The van der Waals surface area contributed by atoms with Gasteiger partial charge >= 0.3 is 0 Å². The third kappa shape index (κ3) is 2.16. The standard InChI is InChI=1S/C9H8N4O3S/c10-9(11-14)4-7-6-2-1-5(13(15)16)3-8(6)17-12-7/h1-3,14H,4H2,(H2,10,11). The van der Waals surface area contributed by atoms with E-state index >= 15 is 0 Å². The van der Waals surface area contributed by atoms with Gasteiger partial charge in [0.05, 0.1) is 21.7 Å². The summed E-state index contributed by atoms with van der Waals surface area (Å²) in [5.74, 6) is 0.0514. The first-order chi connectivity index (χ1) is 8.11. The number of nitro benzene ring substituents is 1. The molecule has 17 heavy (non-hydrogen) atoms. The number of nitrogens with two attached hydrogens (primary N) is 1. The number of benzene rings is 1. The summed E-state index contributed by atoms with van der Waals surface area (Å²) in [5, 5.41) is 22.7. The van der Waals surface area contributed by atoms with Crippen LogP contribution in [0.2, 0.25) is 0 Å². The zero-order valence-corrected chi connectivity index (χ0v) is 9.35. The van der Waals surface area contributed by atoms with Crippen LogP contribution in [0.5, 0.6) is 0 Å². The smallest absolute Gasteiger partial charge is 0.270 e. The van der Waals surface area contributed by atoms with Crippen molar-refractivity contribution in [2.24, 2.45) is 10.9 Å². The lowest BCUT2D eigenvalue weighted by Crippen LogP contribution is -2.14. The van der Waals surface area contributed by atoms with E-state index in [-0.39, 0.29) is 17.9 Å². The van der Waals surface area contributed by atoms with Gasteiger partial charge in [0.15, 0.2) is 0 Å². The van der Waals surface area contributed by atoms with Gasteiger partial charge in [-0.15, -0.1) is 0 Å². The molecular formula is C9H8N4O3S. The Kier molecular flexibility index (Phi) is 2.88. The SMILES string of the molecule is N/C(Cc1nsc2cc([N+](=O)[O-])ccc12)=N\O. The van der Waals surface area contributed by atoms with Crippen molar-refractivity contribution in [2.45, 2.75) is 6.42 Å². The Balaban J connectivity index is 2.45. The molecule has 88 valence electrons. The first kappa shape index (κ1) is 11.3. The van der Waals surface area contributed by atoms with Crippen molar-refractivity contribution >= 4 is 33.1 Å². The van der Waals surface area contributed by atoms with Gasteiger partial charge in [-0.3, -0.25) is 10.1 Å². The summed E-state index contributed by atoms with van der Waals surface area (Å²) in [6.45, 7) is 0. The van der Waals surface area contributed by atoms with Crippen molar-refractivity contribution in [2.75, 3.05) is 0 Å². The number of oxime groups is 1. The molecule has 8 heteroatoms. The van der Waals surface area contributed by atoms with Crippen LogP contribution in [0.15, 0.2) is 23.4 Å². The summed E-state index contributed by atoms with van der Waals surface area (Å²) >= 11 is 1.15. The zero-order chi connectivity index (χ0) is 12.4. The van der Waals surface area contributed by atoms with E-state index in [4.69, 9.17) is 10.9 Å². The molecule has 0 spiro atoms. The van der Waals surface area contributed by atoms with Crippen LogP contribution in [0.25, 0.3) is 10.1 Å². The van der Waals surface area contributed by atoms with Crippen molar-refractivity contribution in [1.82, 2.24) is 4.37 Å². The van der Waals surface area contributed by atoms with Gasteiger partial charge in [-0.2, -0.15) is 4.37 Å². The monoisotopic (exact) mass is 252 g/mol. The summed E-state index contributed by atoms with van der Waals surface area (Å²) in [4.78, 5) is 10.1. The Morgan fingerprint density at radius 1 is 1.65 bits per heavy atom. The highest BCUT2D eigenvalue weighted by Crippen LogP contribution is 2.27. The molecule has 0 unspecified atom stereocenters. The normalized spacial score (nSPS) is 11.9. The van der Waals surface area contributed by atoms with E-state index in [0.717, 1.165) is 16.9 Å². The van der Waals surface area contributed by atoms with Gasteiger partial charge < -0.3 is 10.9 Å². The molecule has 1 heterocycles. The first-order valence-electron chi connectivity index (χ1n) is 4.61. The molecule has 0 fully saturated rings. The van der Waals surface area contributed by atoms with E-state index in [2.05, 4.69) is 9.53 Å². The van der Waals surface area contributed by atoms with Crippen molar-refractivity contribution in [1.29, 1.82) is 0 Å². The van der Waals surface area contributed by atoms with Gasteiger partial charge in [0.25, 0.3) is 5.69 Å². The van der Waals surface area contributed by atoms with Crippen LogP contribution < -0.4 is 5.73 Å². The van der Waals surface area contributed by atoms with Crippen molar-refractivity contribution in [3.8, 4) is 0 Å². The molecule has 2 aromatic rings. The van der Waals surface area contributed by atoms with Crippen molar-refractivity contribution in [3.05, 3.63) is 34.0 Å². The number of aromatic nitrogens is 1. The number of nitro groups is 1. The second kappa shape index (κ2) is 4.34. The van der Waals surface area contributed by atoms with Gasteiger partial charge in [0.1, 0.15) is 5.84 Å². The number of hydrogen-bond acceptors (Lipinski definition) is 6. The first-order valence-corrected chi connectivity index (χ1v) is 5.38. The molecule has 1 aromatic carbocycles. The average molecular weight is 252 g/mol. The van der Waals surface area contributed by atoms with E-state index in [9.17, 15) is 10.1 Å². The third-order valence-electron chi connectivity index (χ3n) is 2.22. The minimum atomic E-state index is -0.456. The second-order valence-corrected chi connectivity index (χ2v) is 4.14. The lowest BCUT2D eigenvalue weighted by atomic mass is 10.1. The Bertz CT molecular complexity index is 607. The largest absolute Gasteiger partial charge is 0.409 e. The molecule has 0 radical (unpaired) electrons. The highest BCUT2D eigenvalue weighted by atomic mass is 32.1. The van der Waals surface area contributed by atoms with E-state index < -0.39 is 4.92 Å². The number of amidine groups is 1. The fraction of sp³-hybridized carbons (Fsp3) is 0.111. The van der Waals surface area contributed by atoms with Crippen LogP contribution >= 0.6 is 11.5 Å². The van der Waals surface area contributed by atoms with Gasteiger partial charge in [0.2, 0.25) is 0 Å². The quantitative estimate of drug-likeness (QED) is 0.282. The maximum absolute atomic E-state index is 10.6. The third-order valence-corrected chi connectivity index (χ3v) is 3.06. The fourth-order valence-corrected chi connectivity index (χ4v) is 2.26. The molecule has 0 amide bonds. The minimum Gasteiger partial charge on any atom is -0.409 e. The zero-order valence-electron chi connectivity index (χ0n) is 8.53. The molecule has 0 atom stereocenters. The van der Waals surface area contributed by atoms with Crippen molar-refractivity contribution in [3.63, 3.8) is 0 Å². The number of fused-ring (bicyclic) bond motifs is 1. The lowest BCUT2D eigenvalue weighted by molar-refractivity contribution is -0.384. The number of nitrogens with zero attached hydrogens (tertiary/aromatic N) is 3. The topological polar surface area (TPSA) is 115 Å². The summed E-state index contributed by atoms with van der Waals surface area (Å²) in [7, 11) is 0. The molecule has 1 aromatic heterocycles. The minimum absolute atomic E-state index is 0.0245. The summed E-state index contributed by atoms with van der Waals surface area (Å²) in [6.07, 6.45) is 0.217. The molecule has 0 saturated carbocycles. The van der Waals surface area contributed by atoms with Crippen LogP contribution in [-0.4, -0.2) is 20.3 Å². The summed E-state index contributed by atoms with van der Waals surface area (Å²) in [6, 6.07) is 4.49. The van der Waals surface area contributed by atoms with E-state index in [1.54, 1.807) is 6.07 Å².